The quantitative estimate of drug-likeness (QED) is 0.822. The Kier molecular flexibility index (Phi) is 5.46. The summed E-state index contributed by atoms with van der Waals surface area (Å²) in [5, 5.41) is 7.82. The lowest BCUT2D eigenvalue weighted by atomic mass is 9.98. The first-order chi connectivity index (χ1) is 10.3. The molecule has 1 aromatic rings. The zero-order valence-electron chi connectivity index (χ0n) is 13.8. The maximum atomic E-state index is 11.5. The molecule has 0 bridgehead atoms. The van der Waals surface area contributed by atoms with E-state index in [1.807, 2.05) is 14.0 Å². The van der Waals surface area contributed by atoms with Gasteiger partial charge in [0.2, 0.25) is 15.9 Å². The predicted octanol–water partition coefficient (Wildman–Crippen LogP) is 0.498. The number of ether oxygens (including phenoxy) is 1. The van der Waals surface area contributed by atoms with Crippen molar-refractivity contribution in [2.75, 3.05) is 33.0 Å². The van der Waals surface area contributed by atoms with Crippen LogP contribution in [0.15, 0.2) is 0 Å². The third-order valence-corrected chi connectivity index (χ3v) is 5.56. The fourth-order valence-electron chi connectivity index (χ4n) is 2.99. The molecule has 1 N–H and O–H groups in total. The lowest BCUT2D eigenvalue weighted by Crippen LogP contribution is -2.40. The molecule has 8 heteroatoms. The van der Waals surface area contributed by atoms with Gasteiger partial charge in [0.1, 0.15) is 0 Å². The third kappa shape index (κ3) is 3.99. The number of aryl methyl sites for hydroxylation is 2. The van der Waals surface area contributed by atoms with E-state index in [1.165, 1.54) is 6.26 Å². The molecule has 0 aliphatic carbocycles. The van der Waals surface area contributed by atoms with Crippen molar-refractivity contribution in [1.29, 1.82) is 0 Å². The summed E-state index contributed by atoms with van der Waals surface area (Å²) in [6.07, 6.45) is 3.09. The number of methoxy groups -OCH3 is 1. The van der Waals surface area contributed by atoms with Crippen molar-refractivity contribution in [1.82, 2.24) is 19.4 Å². The van der Waals surface area contributed by atoms with E-state index in [9.17, 15) is 8.42 Å². The number of rotatable bonds is 6. The van der Waals surface area contributed by atoms with Crippen LogP contribution in [0.1, 0.15) is 24.1 Å². The molecule has 0 saturated carbocycles. The van der Waals surface area contributed by atoms with Gasteiger partial charge in [-0.15, -0.1) is 0 Å². The Balaban J connectivity index is 1.81. The number of nitrogens with one attached hydrogen (secondary N) is 1. The summed E-state index contributed by atoms with van der Waals surface area (Å²) in [4.78, 5) is 0. The second-order valence-electron chi connectivity index (χ2n) is 5.93. The van der Waals surface area contributed by atoms with Crippen molar-refractivity contribution >= 4 is 10.0 Å². The molecule has 0 atom stereocenters. The maximum Gasteiger partial charge on any atom is 0.216 e. The molecule has 2 heterocycles. The van der Waals surface area contributed by atoms with E-state index in [2.05, 4.69) is 10.4 Å². The van der Waals surface area contributed by atoms with Crippen LogP contribution < -0.4 is 10.1 Å². The van der Waals surface area contributed by atoms with Gasteiger partial charge in [-0.2, -0.15) is 5.10 Å². The number of nitrogens with zero attached hydrogens (tertiary/aromatic N) is 3. The molecule has 1 fully saturated rings. The van der Waals surface area contributed by atoms with Gasteiger partial charge in [0.25, 0.3) is 0 Å². The second kappa shape index (κ2) is 6.97. The largest absolute Gasteiger partial charge is 0.481 e. The Morgan fingerprint density at radius 1 is 1.36 bits per heavy atom. The first-order valence-electron chi connectivity index (χ1n) is 7.55. The lowest BCUT2D eigenvalue weighted by Gasteiger charge is -2.30. The minimum atomic E-state index is -3.04. The van der Waals surface area contributed by atoms with Crippen LogP contribution in [0.25, 0.3) is 0 Å². The fourth-order valence-corrected chi connectivity index (χ4v) is 3.86. The van der Waals surface area contributed by atoms with Gasteiger partial charge in [-0.3, -0.25) is 0 Å². The van der Waals surface area contributed by atoms with E-state index < -0.39 is 10.0 Å². The summed E-state index contributed by atoms with van der Waals surface area (Å²) < 4.78 is 31.7. The SMILES string of the molecule is COc1c(CNCC2CCN(S(C)(=O)=O)CC2)c(C)nn1C. The monoisotopic (exact) mass is 330 g/mol. The lowest BCUT2D eigenvalue weighted by molar-refractivity contribution is 0.268. The Labute approximate surface area is 132 Å². The third-order valence-electron chi connectivity index (χ3n) is 4.26. The van der Waals surface area contributed by atoms with E-state index in [0.717, 1.165) is 43.1 Å². The second-order valence-corrected chi connectivity index (χ2v) is 7.92. The van der Waals surface area contributed by atoms with Gasteiger partial charge in [-0.05, 0) is 32.2 Å². The number of hydrogen-bond donors (Lipinski definition) is 1. The molecule has 0 amide bonds. The van der Waals surface area contributed by atoms with Gasteiger partial charge >= 0.3 is 0 Å². The summed E-state index contributed by atoms with van der Waals surface area (Å²) in [5.41, 5.74) is 2.05. The van der Waals surface area contributed by atoms with Gasteiger partial charge in [0.05, 0.1) is 24.6 Å². The van der Waals surface area contributed by atoms with Crippen molar-refractivity contribution in [3.8, 4) is 5.88 Å². The van der Waals surface area contributed by atoms with Crippen molar-refractivity contribution in [3.63, 3.8) is 0 Å². The minimum Gasteiger partial charge on any atom is -0.481 e. The molecule has 0 spiro atoms. The summed E-state index contributed by atoms with van der Waals surface area (Å²) in [5.74, 6) is 1.30. The average molecular weight is 330 g/mol. The van der Waals surface area contributed by atoms with Gasteiger partial charge in [-0.25, -0.2) is 17.4 Å². The van der Waals surface area contributed by atoms with Crippen LogP contribution >= 0.6 is 0 Å². The van der Waals surface area contributed by atoms with E-state index in [-0.39, 0.29) is 0 Å². The number of aromatic nitrogens is 2. The molecule has 0 aromatic carbocycles. The molecule has 126 valence electrons. The van der Waals surface area contributed by atoms with Crippen molar-refractivity contribution in [2.24, 2.45) is 13.0 Å². The standard InChI is InChI=1S/C14H26N4O3S/c1-11-13(14(21-3)17(2)16-11)10-15-9-12-5-7-18(8-6-12)22(4,19)20/h12,15H,5-10H2,1-4H3. The molecule has 1 aromatic heterocycles. The fraction of sp³-hybridized carbons (Fsp3) is 0.786. The minimum absolute atomic E-state index is 0.515. The number of piperidine rings is 1. The maximum absolute atomic E-state index is 11.5. The van der Waals surface area contributed by atoms with Crippen LogP contribution in [-0.2, 0) is 23.6 Å². The number of sulfonamides is 1. The zero-order valence-corrected chi connectivity index (χ0v) is 14.6. The molecular weight excluding hydrogens is 304 g/mol. The van der Waals surface area contributed by atoms with E-state index in [1.54, 1.807) is 16.1 Å². The highest BCUT2D eigenvalue weighted by molar-refractivity contribution is 7.88. The van der Waals surface area contributed by atoms with Crippen LogP contribution in [0, 0.1) is 12.8 Å². The molecule has 1 aliphatic heterocycles. The molecule has 1 aliphatic rings. The molecular formula is C14H26N4O3S. The summed E-state index contributed by atoms with van der Waals surface area (Å²) in [7, 11) is 0.486. The topological polar surface area (TPSA) is 76.5 Å². The number of hydrogen-bond acceptors (Lipinski definition) is 5. The van der Waals surface area contributed by atoms with Crippen LogP contribution in [0.5, 0.6) is 5.88 Å². The summed E-state index contributed by atoms with van der Waals surface area (Å²) >= 11 is 0. The Hall–Kier alpha value is -1.12. The van der Waals surface area contributed by atoms with E-state index in [0.29, 0.717) is 19.0 Å². The molecule has 22 heavy (non-hydrogen) atoms. The van der Waals surface area contributed by atoms with Crippen LogP contribution in [0.2, 0.25) is 0 Å². The zero-order chi connectivity index (χ0) is 16.3. The highest BCUT2D eigenvalue weighted by Gasteiger charge is 2.24. The van der Waals surface area contributed by atoms with Crippen LogP contribution in [-0.4, -0.2) is 55.5 Å². The Bertz CT molecular complexity index is 604. The smallest absolute Gasteiger partial charge is 0.216 e. The first kappa shape index (κ1) is 17.2. The molecule has 0 radical (unpaired) electrons. The van der Waals surface area contributed by atoms with Crippen LogP contribution in [0.3, 0.4) is 0 Å². The van der Waals surface area contributed by atoms with Crippen molar-refractivity contribution in [2.45, 2.75) is 26.3 Å². The van der Waals surface area contributed by atoms with Gasteiger partial charge in [0.15, 0.2) is 0 Å². The van der Waals surface area contributed by atoms with Crippen molar-refractivity contribution in [3.05, 3.63) is 11.3 Å². The highest BCUT2D eigenvalue weighted by Crippen LogP contribution is 2.22. The summed E-state index contributed by atoms with van der Waals surface area (Å²) in [6, 6.07) is 0. The highest BCUT2D eigenvalue weighted by atomic mass is 32.2. The summed E-state index contributed by atoms with van der Waals surface area (Å²) in [6.45, 7) is 4.83. The molecule has 7 nitrogen and oxygen atoms in total. The van der Waals surface area contributed by atoms with E-state index >= 15 is 0 Å². The normalized spacial score (nSPS) is 17.8. The Morgan fingerprint density at radius 2 is 2.00 bits per heavy atom. The molecule has 0 unspecified atom stereocenters. The van der Waals surface area contributed by atoms with Gasteiger partial charge in [-0.1, -0.05) is 0 Å². The Morgan fingerprint density at radius 3 is 2.55 bits per heavy atom. The first-order valence-corrected chi connectivity index (χ1v) is 9.40. The van der Waals surface area contributed by atoms with Crippen molar-refractivity contribution < 1.29 is 13.2 Å². The average Bonchev–Trinajstić information content (AvgIpc) is 2.72. The van der Waals surface area contributed by atoms with Gasteiger partial charge in [0, 0.05) is 26.7 Å². The van der Waals surface area contributed by atoms with Gasteiger partial charge < -0.3 is 10.1 Å². The van der Waals surface area contributed by atoms with Crippen LogP contribution in [0.4, 0.5) is 0 Å². The predicted molar refractivity (Wildman–Crippen MR) is 85.3 cm³/mol. The van der Waals surface area contributed by atoms with E-state index in [4.69, 9.17) is 4.74 Å². The molecule has 1 saturated heterocycles. The molecule has 2 rings (SSSR count).